The van der Waals surface area contributed by atoms with Crippen molar-refractivity contribution in [3.05, 3.63) is 24.3 Å². The molecule has 22 heavy (non-hydrogen) atoms. The first-order valence-corrected chi connectivity index (χ1v) is 8.45. The molecule has 1 amide bonds. The summed E-state index contributed by atoms with van der Waals surface area (Å²) in [6.45, 7) is 5.91. The summed E-state index contributed by atoms with van der Waals surface area (Å²) in [5.74, 6) is 0.0357. The minimum absolute atomic E-state index is 0.0357. The van der Waals surface area contributed by atoms with E-state index in [0.29, 0.717) is 19.8 Å². The first kappa shape index (κ1) is 16.8. The van der Waals surface area contributed by atoms with Crippen LogP contribution < -0.4 is 5.32 Å². The third-order valence-electron chi connectivity index (χ3n) is 3.37. The van der Waals surface area contributed by atoms with Crippen LogP contribution in [0.5, 0.6) is 0 Å². The summed E-state index contributed by atoms with van der Waals surface area (Å²) in [6, 6.07) is 7.98. The lowest BCUT2D eigenvalue weighted by atomic mass is 10.3. The highest BCUT2D eigenvalue weighted by molar-refractivity contribution is 8.00. The Morgan fingerprint density at radius 1 is 1.45 bits per heavy atom. The topological polar surface area (TPSA) is 56.1 Å². The van der Waals surface area contributed by atoms with Gasteiger partial charge >= 0.3 is 0 Å². The molecule has 2 aromatic rings. The van der Waals surface area contributed by atoms with Gasteiger partial charge in [0.25, 0.3) is 0 Å². The molecular formula is C16H23N3O2S. The first-order valence-electron chi connectivity index (χ1n) is 7.57. The lowest BCUT2D eigenvalue weighted by Gasteiger charge is -2.11. The predicted molar refractivity (Wildman–Crippen MR) is 90.2 cm³/mol. The van der Waals surface area contributed by atoms with E-state index in [0.717, 1.165) is 22.6 Å². The zero-order valence-electron chi connectivity index (χ0n) is 13.3. The normalized spacial score (nSPS) is 12.5. The summed E-state index contributed by atoms with van der Waals surface area (Å²) in [4.78, 5) is 16.7. The highest BCUT2D eigenvalue weighted by Crippen LogP contribution is 2.26. The van der Waals surface area contributed by atoms with Crippen LogP contribution in [0.4, 0.5) is 0 Å². The van der Waals surface area contributed by atoms with E-state index in [1.54, 1.807) is 0 Å². The fourth-order valence-corrected chi connectivity index (χ4v) is 3.03. The van der Waals surface area contributed by atoms with Crippen molar-refractivity contribution in [2.24, 2.45) is 7.05 Å². The van der Waals surface area contributed by atoms with Crippen LogP contribution in [-0.2, 0) is 16.6 Å². The number of fused-ring (bicyclic) bond motifs is 1. The molecule has 0 radical (unpaired) electrons. The predicted octanol–water partition coefficient (Wildman–Crippen LogP) is 2.60. The molecule has 0 fully saturated rings. The van der Waals surface area contributed by atoms with E-state index in [1.165, 1.54) is 11.8 Å². The fraction of sp³-hybridized carbons (Fsp3) is 0.500. The van der Waals surface area contributed by atoms with Crippen molar-refractivity contribution in [3.8, 4) is 0 Å². The van der Waals surface area contributed by atoms with Crippen LogP contribution in [0.3, 0.4) is 0 Å². The summed E-state index contributed by atoms with van der Waals surface area (Å²) in [7, 11) is 1.98. The number of benzene rings is 1. The number of aromatic nitrogens is 2. The van der Waals surface area contributed by atoms with Gasteiger partial charge in [-0.15, -0.1) is 0 Å². The second-order valence-corrected chi connectivity index (χ2v) is 6.35. The zero-order valence-corrected chi connectivity index (χ0v) is 14.2. The van der Waals surface area contributed by atoms with Gasteiger partial charge in [0.05, 0.1) is 16.3 Å². The van der Waals surface area contributed by atoms with Crippen LogP contribution >= 0.6 is 11.8 Å². The number of para-hydroxylation sites is 2. The van der Waals surface area contributed by atoms with Crippen molar-refractivity contribution in [3.63, 3.8) is 0 Å². The van der Waals surface area contributed by atoms with Crippen LogP contribution in [0.1, 0.15) is 20.3 Å². The van der Waals surface area contributed by atoms with Crippen LogP contribution in [0.2, 0.25) is 0 Å². The third-order valence-corrected chi connectivity index (χ3v) is 4.51. The smallest absolute Gasteiger partial charge is 0.233 e. The molecule has 0 saturated heterocycles. The summed E-state index contributed by atoms with van der Waals surface area (Å²) in [5, 5.41) is 3.62. The number of aryl methyl sites for hydroxylation is 1. The molecule has 0 aliphatic rings. The van der Waals surface area contributed by atoms with Crippen molar-refractivity contribution >= 4 is 28.7 Å². The molecule has 2 rings (SSSR count). The Hall–Kier alpha value is -1.53. The molecule has 0 saturated carbocycles. The van der Waals surface area contributed by atoms with Crippen molar-refractivity contribution in [2.75, 3.05) is 19.8 Å². The van der Waals surface area contributed by atoms with Crippen LogP contribution in [0.25, 0.3) is 11.0 Å². The van der Waals surface area contributed by atoms with E-state index in [-0.39, 0.29) is 11.2 Å². The van der Waals surface area contributed by atoms with Gasteiger partial charge < -0.3 is 14.6 Å². The maximum atomic E-state index is 12.1. The number of thioether (sulfide) groups is 1. The van der Waals surface area contributed by atoms with Crippen LogP contribution in [0.15, 0.2) is 29.4 Å². The van der Waals surface area contributed by atoms with Crippen LogP contribution in [-0.4, -0.2) is 40.5 Å². The van der Waals surface area contributed by atoms with E-state index < -0.39 is 0 Å². The first-order chi connectivity index (χ1) is 10.6. The summed E-state index contributed by atoms with van der Waals surface area (Å²) in [6.07, 6.45) is 0.837. The van der Waals surface area contributed by atoms with Gasteiger partial charge in [0, 0.05) is 26.8 Å². The van der Waals surface area contributed by atoms with Crippen molar-refractivity contribution < 1.29 is 9.53 Å². The van der Waals surface area contributed by atoms with Crippen molar-refractivity contribution in [1.29, 1.82) is 0 Å². The number of hydrogen-bond donors (Lipinski definition) is 1. The van der Waals surface area contributed by atoms with Gasteiger partial charge in [0.1, 0.15) is 0 Å². The minimum atomic E-state index is -0.178. The second kappa shape index (κ2) is 8.19. The molecule has 0 aliphatic carbocycles. The molecule has 1 heterocycles. The molecule has 1 aromatic heterocycles. The molecule has 5 nitrogen and oxygen atoms in total. The van der Waals surface area contributed by atoms with Gasteiger partial charge in [-0.05, 0) is 32.4 Å². The molecule has 120 valence electrons. The molecule has 6 heteroatoms. The molecule has 0 aliphatic heterocycles. The summed E-state index contributed by atoms with van der Waals surface area (Å²) < 4.78 is 7.28. The Kier molecular flexibility index (Phi) is 6.27. The number of carbonyl (C=O) groups is 1. The number of imidazole rings is 1. The summed E-state index contributed by atoms with van der Waals surface area (Å²) in [5.41, 5.74) is 2.03. The lowest BCUT2D eigenvalue weighted by molar-refractivity contribution is -0.120. The highest BCUT2D eigenvalue weighted by Gasteiger charge is 2.17. The highest BCUT2D eigenvalue weighted by atomic mass is 32.2. The molecule has 1 aromatic carbocycles. The Labute approximate surface area is 135 Å². The number of carbonyl (C=O) groups excluding carboxylic acids is 1. The van der Waals surface area contributed by atoms with Crippen LogP contribution in [0, 0.1) is 0 Å². The fourth-order valence-electron chi connectivity index (χ4n) is 2.11. The Balaban J connectivity index is 1.88. The second-order valence-electron chi connectivity index (χ2n) is 5.04. The molecule has 1 N–H and O–H groups in total. The summed E-state index contributed by atoms with van der Waals surface area (Å²) >= 11 is 1.48. The van der Waals surface area contributed by atoms with E-state index in [2.05, 4.69) is 10.3 Å². The van der Waals surface area contributed by atoms with E-state index >= 15 is 0 Å². The number of amides is 1. The maximum Gasteiger partial charge on any atom is 0.233 e. The maximum absolute atomic E-state index is 12.1. The van der Waals surface area contributed by atoms with Gasteiger partial charge in [-0.1, -0.05) is 23.9 Å². The van der Waals surface area contributed by atoms with Crippen molar-refractivity contribution in [1.82, 2.24) is 14.9 Å². The number of ether oxygens (including phenoxy) is 1. The SMILES string of the molecule is CCOCCCNC(=O)C(C)Sc1nc2ccccc2n1C. The van der Waals surface area contributed by atoms with Gasteiger partial charge in [0.2, 0.25) is 5.91 Å². The van der Waals surface area contributed by atoms with Crippen molar-refractivity contribution in [2.45, 2.75) is 30.7 Å². The third kappa shape index (κ3) is 4.24. The molecule has 1 unspecified atom stereocenters. The molecule has 1 atom stereocenters. The van der Waals surface area contributed by atoms with Gasteiger partial charge in [0.15, 0.2) is 5.16 Å². The van der Waals surface area contributed by atoms with E-state index in [1.807, 2.05) is 49.7 Å². The van der Waals surface area contributed by atoms with E-state index in [9.17, 15) is 4.79 Å². The quantitative estimate of drug-likeness (QED) is 0.600. The van der Waals surface area contributed by atoms with Gasteiger partial charge in [-0.2, -0.15) is 0 Å². The minimum Gasteiger partial charge on any atom is -0.382 e. The van der Waals surface area contributed by atoms with Gasteiger partial charge in [-0.3, -0.25) is 4.79 Å². The number of rotatable bonds is 8. The standard InChI is InChI=1S/C16H23N3O2S/c1-4-21-11-7-10-17-15(20)12(2)22-16-18-13-8-5-6-9-14(13)19(16)3/h5-6,8-9,12H,4,7,10-11H2,1-3H3,(H,17,20). The molecule has 0 spiro atoms. The average Bonchev–Trinajstić information content (AvgIpc) is 2.83. The van der Waals surface area contributed by atoms with E-state index in [4.69, 9.17) is 4.74 Å². The number of hydrogen-bond acceptors (Lipinski definition) is 4. The largest absolute Gasteiger partial charge is 0.382 e. The van der Waals surface area contributed by atoms with Gasteiger partial charge in [-0.25, -0.2) is 4.98 Å². The number of nitrogens with one attached hydrogen (secondary N) is 1. The number of nitrogens with zero attached hydrogens (tertiary/aromatic N) is 2. The lowest BCUT2D eigenvalue weighted by Crippen LogP contribution is -2.32. The Morgan fingerprint density at radius 3 is 2.95 bits per heavy atom. The molecule has 0 bridgehead atoms. The molecular weight excluding hydrogens is 298 g/mol. The Morgan fingerprint density at radius 2 is 2.23 bits per heavy atom. The Bertz CT molecular complexity index is 627. The zero-order chi connectivity index (χ0) is 15.9. The monoisotopic (exact) mass is 321 g/mol. The average molecular weight is 321 g/mol.